The van der Waals surface area contributed by atoms with Gasteiger partial charge in [0.1, 0.15) is 12.4 Å². The molecule has 0 atom stereocenters. The summed E-state index contributed by atoms with van der Waals surface area (Å²) in [6.45, 7) is 4.62. The molecule has 0 fully saturated rings. The van der Waals surface area contributed by atoms with E-state index in [0.717, 1.165) is 16.8 Å². The molecule has 0 N–H and O–H groups in total. The van der Waals surface area contributed by atoms with E-state index in [2.05, 4.69) is 25.0 Å². The lowest BCUT2D eigenvalue weighted by Gasteiger charge is -2.13. The summed E-state index contributed by atoms with van der Waals surface area (Å²) in [5.74, 6) is 0.690. The first-order chi connectivity index (χ1) is 11.7. The molecule has 1 aromatic heterocycles. The van der Waals surface area contributed by atoms with Gasteiger partial charge in [0.25, 0.3) is 0 Å². The molecule has 3 aromatic rings. The molecular weight excluding hydrogens is 298 g/mol. The van der Waals surface area contributed by atoms with Crippen LogP contribution in [0.25, 0.3) is 11.3 Å². The van der Waals surface area contributed by atoms with E-state index in [-0.39, 0.29) is 6.04 Å². The molecule has 0 saturated carbocycles. The summed E-state index contributed by atoms with van der Waals surface area (Å²) in [6.07, 6.45) is 1.76. The number of nitrogens with zero attached hydrogens (tertiary/aromatic N) is 3. The van der Waals surface area contributed by atoms with Crippen LogP contribution in [0.1, 0.15) is 31.0 Å². The van der Waals surface area contributed by atoms with Crippen molar-refractivity contribution in [1.82, 2.24) is 9.78 Å². The number of hydrogen-bond acceptors (Lipinski definition) is 3. The smallest absolute Gasteiger partial charge is 0.121 e. The van der Waals surface area contributed by atoms with E-state index >= 15 is 0 Å². The Bertz CT molecular complexity index is 860. The first-order valence-electron chi connectivity index (χ1n) is 7.94. The van der Waals surface area contributed by atoms with Crippen LogP contribution < -0.4 is 4.74 Å². The lowest BCUT2D eigenvalue weighted by Crippen LogP contribution is -2.05. The highest BCUT2D eigenvalue weighted by atomic mass is 16.5. The van der Waals surface area contributed by atoms with Gasteiger partial charge in [0.15, 0.2) is 0 Å². The molecule has 4 heteroatoms. The van der Waals surface area contributed by atoms with Gasteiger partial charge < -0.3 is 4.74 Å². The maximum absolute atomic E-state index is 9.52. The van der Waals surface area contributed by atoms with Crippen LogP contribution in [0.2, 0.25) is 0 Å². The topological polar surface area (TPSA) is 50.8 Å². The van der Waals surface area contributed by atoms with E-state index < -0.39 is 0 Å². The second-order valence-electron chi connectivity index (χ2n) is 5.85. The number of benzene rings is 2. The highest BCUT2D eigenvalue weighted by molar-refractivity contribution is 5.69. The van der Waals surface area contributed by atoms with Crippen molar-refractivity contribution in [1.29, 1.82) is 5.26 Å². The standard InChI is InChI=1S/C20H19N3O/c1-15(2)23-20(10-11-22-23)19-9-8-18(12-17(19)13-21)24-14-16-6-4-3-5-7-16/h3-12,15H,14H2,1-2H3. The molecule has 2 aromatic carbocycles. The van der Waals surface area contributed by atoms with E-state index in [0.29, 0.717) is 17.9 Å². The van der Waals surface area contributed by atoms with Crippen molar-refractivity contribution in [3.63, 3.8) is 0 Å². The predicted octanol–water partition coefficient (Wildman–Crippen LogP) is 4.58. The second-order valence-corrected chi connectivity index (χ2v) is 5.85. The van der Waals surface area contributed by atoms with Crippen LogP contribution in [0.15, 0.2) is 60.8 Å². The molecule has 1 heterocycles. The molecule has 0 aliphatic rings. The highest BCUT2D eigenvalue weighted by Gasteiger charge is 2.13. The molecule has 0 radical (unpaired) electrons. The Morgan fingerprint density at radius 2 is 1.92 bits per heavy atom. The van der Waals surface area contributed by atoms with Gasteiger partial charge in [-0.2, -0.15) is 10.4 Å². The third-order valence-electron chi connectivity index (χ3n) is 3.80. The molecule has 4 nitrogen and oxygen atoms in total. The Hall–Kier alpha value is -3.06. The minimum atomic E-state index is 0.232. The molecule has 24 heavy (non-hydrogen) atoms. The Morgan fingerprint density at radius 1 is 1.12 bits per heavy atom. The van der Waals surface area contributed by atoms with Crippen molar-refractivity contribution in [2.24, 2.45) is 0 Å². The van der Waals surface area contributed by atoms with Crippen molar-refractivity contribution in [3.8, 4) is 23.1 Å². The molecular formula is C20H19N3O. The lowest BCUT2D eigenvalue weighted by atomic mass is 10.0. The predicted molar refractivity (Wildman–Crippen MR) is 93.5 cm³/mol. The molecule has 0 bridgehead atoms. The minimum absolute atomic E-state index is 0.232. The molecule has 0 amide bonds. The summed E-state index contributed by atoms with van der Waals surface area (Å²) in [5.41, 5.74) is 3.49. The summed E-state index contributed by atoms with van der Waals surface area (Å²) in [6, 6.07) is 20.0. The fraction of sp³-hybridized carbons (Fsp3) is 0.200. The Labute approximate surface area is 141 Å². The number of aromatic nitrogens is 2. The van der Waals surface area contributed by atoms with E-state index in [4.69, 9.17) is 4.74 Å². The van der Waals surface area contributed by atoms with E-state index in [9.17, 15) is 5.26 Å². The van der Waals surface area contributed by atoms with Gasteiger partial charge in [-0.1, -0.05) is 30.3 Å². The lowest BCUT2D eigenvalue weighted by molar-refractivity contribution is 0.306. The Morgan fingerprint density at radius 3 is 2.62 bits per heavy atom. The number of rotatable bonds is 5. The maximum Gasteiger partial charge on any atom is 0.121 e. The summed E-state index contributed by atoms with van der Waals surface area (Å²) < 4.78 is 7.73. The zero-order valence-electron chi connectivity index (χ0n) is 13.8. The first kappa shape index (κ1) is 15.8. The van der Waals surface area contributed by atoms with Gasteiger partial charge in [0, 0.05) is 17.8 Å². The van der Waals surface area contributed by atoms with Gasteiger partial charge in [-0.15, -0.1) is 0 Å². The second kappa shape index (κ2) is 7.01. The van der Waals surface area contributed by atoms with E-state index in [1.165, 1.54) is 0 Å². The molecule has 3 rings (SSSR count). The fourth-order valence-corrected chi connectivity index (χ4v) is 2.61. The van der Waals surface area contributed by atoms with Crippen molar-refractivity contribution in [3.05, 3.63) is 71.9 Å². The molecule has 120 valence electrons. The zero-order valence-corrected chi connectivity index (χ0v) is 13.8. The summed E-state index contributed by atoms with van der Waals surface area (Å²) in [7, 11) is 0. The average molecular weight is 317 g/mol. The van der Waals surface area contributed by atoms with Crippen LogP contribution >= 0.6 is 0 Å². The number of hydrogen-bond donors (Lipinski definition) is 0. The summed E-state index contributed by atoms with van der Waals surface area (Å²) in [4.78, 5) is 0. The van der Waals surface area contributed by atoms with Gasteiger partial charge in [-0.05, 0) is 43.7 Å². The molecule has 0 saturated heterocycles. The van der Waals surface area contributed by atoms with Crippen LogP contribution in [0.4, 0.5) is 0 Å². The molecule has 0 spiro atoms. The first-order valence-corrected chi connectivity index (χ1v) is 7.94. The van der Waals surface area contributed by atoms with Gasteiger partial charge >= 0.3 is 0 Å². The van der Waals surface area contributed by atoms with Crippen LogP contribution in [0, 0.1) is 11.3 Å². The van der Waals surface area contributed by atoms with Crippen molar-refractivity contribution in [2.45, 2.75) is 26.5 Å². The van der Waals surface area contributed by atoms with Crippen LogP contribution in [0.3, 0.4) is 0 Å². The fourth-order valence-electron chi connectivity index (χ4n) is 2.61. The van der Waals surface area contributed by atoms with Crippen LogP contribution in [-0.2, 0) is 6.61 Å². The SMILES string of the molecule is CC(C)n1nccc1-c1ccc(OCc2ccccc2)cc1C#N. The van der Waals surface area contributed by atoms with E-state index in [1.807, 2.05) is 53.2 Å². The largest absolute Gasteiger partial charge is 0.489 e. The van der Waals surface area contributed by atoms with Crippen LogP contribution in [0.5, 0.6) is 5.75 Å². The highest BCUT2D eigenvalue weighted by Crippen LogP contribution is 2.28. The molecule has 0 aliphatic heterocycles. The van der Waals surface area contributed by atoms with Crippen molar-refractivity contribution < 1.29 is 4.74 Å². The zero-order chi connectivity index (χ0) is 16.9. The van der Waals surface area contributed by atoms with Crippen molar-refractivity contribution >= 4 is 0 Å². The van der Waals surface area contributed by atoms with Gasteiger partial charge in [0.2, 0.25) is 0 Å². The average Bonchev–Trinajstić information content (AvgIpc) is 3.10. The third kappa shape index (κ3) is 3.31. The Kier molecular flexibility index (Phi) is 4.62. The third-order valence-corrected chi connectivity index (χ3v) is 3.80. The monoisotopic (exact) mass is 317 g/mol. The normalized spacial score (nSPS) is 10.6. The number of nitriles is 1. The van der Waals surface area contributed by atoms with Crippen molar-refractivity contribution in [2.75, 3.05) is 0 Å². The maximum atomic E-state index is 9.52. The molecule has 0 unspecified atom stereocenters. The van der Waals surface area contributed by atoms with Gasteiger partial charge in [-0.3, -0.25) is 4.68 Å². The van der Waals surface area contributed by atoms with Crippen LogP contribution in [-0.4, -0.2) is 9.78 Å². The molecule has 0 aliphatic carbocycles. The van der Waals surface area contributed by atoms with Gasteiger partial charge in [-0.25, -0.2) is 0 Å². The minimum Gasteiger partial charge on any atom is -0.489 e. The Balaban J connectivity index is 1.86. The number of ether oxygens (including phenoxy) is 1. The quantitative estimate of drug-likeness (QED) is 0.692. The van der Waals surface area contributed by atoms with E-state index in [1.54, 1.807) is 12.3 Å². The summed E-state index contributed by atoms with van der Waals surface area (Å²) in [5, 5.41) is 13.9. The summed E-state index contributed by atoms with van der Waals surface area (Å²) >= 11 is 0. The van der Waals surface area contributed by atoms with Gasteiger partial charge in [0.05, 0.1) is 17.3 Å².